The lowest BCUT2D eigenvalue weighted by atomic mass is 9.84. The summed E-state index contributed by atoms with van der Waals surface area (Å²) in [5, 5.41) is 3.28. The zero-order valence-corrected chi connectivity index (χ0v) is 8.26. The maximum atomic E-state index is 6.06. The van der Waals surface area contributed by atoms with E-state index in [4.69, 9.17) is 10.5 Å². The quantitative estimate of drug-likeness (QED) is 0.600. The molecule has 3 heteroatoms. The zero-order chi connectivity index (χ0) is 9.19. The molecule has 0 aliphatic carbocycles. The van der Waals surface area contributed by atoms with Crippen molar-refractivity contribution in [2.45, 2.75) is 32.9 Å². The van der Waals surface area contributed by atoms with Crippen LogP contribution in [0, 0.1) is 5.41 Å². The lowest BCUT2D eigenvalue weighted by Crippen LogP contribution is -2.53. The third kappa shape index (κ3) is 2.44. The van der Waals surface area contributed by atoms with E-state index in [1.54, 1.807) is 0 Å². The maximum Gasteiger partial charge on any atom is 0.0855 e. The molecule has 0 amide bonds. The van der Waals surface area contributed by atoms with Crippen molar-refractivity contribution >= 4 is 0 Å². The van der Waals surface area contributed by atoms with E-state index in [0.717, 1.165) is 19.7 Å². The van der Waals surface area contributed by atoms with Crippen LogP contribution in [-0.4, -0.2) is 31.8 Å². The first-order valence-electron chi connectivity index (χ1n) is 4.60. The zero-order valence-electron chi connectivity index (χ0n) is 8.26. The third-order valence-electron chi connectivity index (χ3n) is 2.36. The summed E-state index contributed by atoms with van der Waals surface area (Å²) in [7, 11) is 0. The Morgan fingerprint density at radius 2 is 2.17 bits per heavy atom. The fourth-order valence-corrected chi connectivity index (χ4v) is 1.37. The van der Waals surface area contributed by atoms with Crippen LogP contribution in [0.15, 0.2) is 0 Å². The van der Waals surface area contributed by atoms with Gasteiger partial charge in [-0.1, -0.05) is 20.8 Å². The average Bonchev–Trinajstić information content (AvgIpc) is 2.03. The molecular formula is C9H20N2O. The van der Waals surface area contributed by atoms with Gasteiger partial charge in [-0.25, -0.2) is 0 Å². The normalized spacial score (nSPS) is 28.5. The molecule has 2 atom stereocenters. The third-order valence-corrected chi connectivity index (χ3v) is 2.36. The number of hydrogen-bond donors (Lipinski definition) is 2. The van der Waals surface area contributed by atoms with E-state index in [1.165, 1.54) is 0 Å². The van der Waals surface area contributed by atoms with Gasteiger partial charge in [0, 0.05) is 19.1 Å². The molecule has 3 nitrogen and oxygen atoms in total. The van der Waals surface area contributed by atoms with E-state index >= 15 is 0 Å². The Morgan fingerprint density at radius 1 is 1.50 bits per heavy atom. The molecule has 0 aromatic carbocycles. The van der Waals surface area contributed by atoms with E-state index in [9.17, 15) is 0 Å². The van der Waals surface area contributed by atoms with E-state index in [2.05, 4.69) is 26.1 Å². The summed E-state index contributed by atoms with van der Waals surface area (Å²) in [6.07, 6.45) is 0.179. The Kier molecular flexibility index (Phi) is 3.09. The molecule has 1 saturated heterocycles. The Hall–Kier alpha value is -0.120. The molecular weight excluding hydrogens is 152 g/mol. The summed E-state index contributed by atoms with van der Waals surface area (Å²) in [5.74, 6) is 0. The van der Waals surface area contributed by atoms with Crippen LogP contribution in [0.2, 0.25) is 0 Å². The van der Waals surface area contributed by atoms with E-state index in [-0.39, 0.29) is 17.6 Å². The lowest BCUT2D eigenvalue weighted by molar-refractivity contribution is -0.0107. The van der Waals surface area contributed by atoms with Gasteiger partial charge in [0.2, 0.25) is 0 Å². The van der Waals surface area contributed by atoms with Crippen molar-refractivity contribution in [1.82, 2.24) is 5.32 Å². The second kappa shape index (κ2) is 3.73. The highest BCUT2D eigenvalue weighted by atomic mass is 16.5. The fraction of sp³-hybridized carbons (Fsp3) is 1.00. The molecule has 0 bridgehead atoms. The van der Waals surface area contributed by atoms with Gasteiger partial charge in [0.15, 0.2) is 0 Å². The Balaban J connectivity index is 2.45. The highest BCUT2D eigenvalue weighted by Gasteiger charge is 2.30. The Bertz CT molecular complexity index is 136. The highest BCUT2D eigenvalue weighted by molar-refractivity contribution is 4.87. The minimum atomic E-state index is 0.116. The fourth-order valence-electron chi connectivity index (χ4n) is 1.37. The van der Waals surface area contributed by atoms with Crippen LogP contribution in [0.1, 0.15) is 20.8 Å². The van der Waals surface area contributed by atoms with Gasteiger partial charge in [-0.3, -0.25) is 0 Å². The van der Waals surface area contributed by atoms with Gasteiger partial charge in [-0.05, 0) is 5.41 Å². The van der Waals surface area contributed by atoms with Crippen molar-refractivity contribution in [3.05, 3.63) is 0 Å². The molecule has 0 radical (unpaired) electrons. The molecule has 1 rings (SSSR count). The van der Waals surface area contributed by atoms with Crippen LogP contribution in [-0.2, 0) is 4.74 Å². The summed E-state index contributed by atoms with van der Waals surface area (Å²) < 4.78 is 5.58. The molecule has 2 unspecified atom stereocenters. The van der Waals surface area contributed by atoms with Crippen molar-refractivity contribution in [3.63, 3.8) is 0 Å². The number of hydrogen-bond acceptors (Lipinski definition) is 3. The van der Waals surface area contributed by atoms with Crippen LogP contribution in [0.4, 0.5) is 0 Å². The topological polar surface area (TPSA) is 47.3 Å². The number of ether oxygens (including phenoxy) is 1. The van der Waals surface area contributed by atoms with Gasteiger partial charge in [-0.2, -0.15) is 0 Å². The van der Waals surface area contributed by atoms with Gasteiger partial charge < -0.3 is 15.8 Å². The molecule has 3 N–H and O–H groups in total. The molecule has 1 heterocycles. The number of morpholine rings is 1. The predicted octanol–water partition coefficient (Wildman–Crippen LogP) is 0.348. The summed E-state index contributed by atoms with van der Waals surface area (Å²) in [6.45, 7) is 9.07. The first kappa shape index (κ1) is 9.96. The number of nitrogens with one attached hydrogen (secondary N) is 1. The standard InChI is InChI=1S/C9H20N2O/c1-9(2,3)8(10)7-6-11-4-5-12-7/h7-8,11H,4-6,10H2,1-3H3. The maximum absolute atomic E-state index is 6.06. The number of nitrogens with two attached hydrogens (primary N) is 1. The average molecular weight is 172 g/mol. The summed E-state index contributed by atoms with van der Waals surface area (Å²) in [4.78, 5) is 0. The van der Waals surface area contributed by atoms with Crippen LogP contribution in [0.3, 0.4) is 0 Å². The molecule has 72 valence electrons. The predicted molar refractivity (Wildman–Crippen MR) is 50.0 cm³/mol. The summed E-state index contributed by atoms with van der Waals surface area (Å²) in [6, 6.07) is 0.116. The van der Waals surface area contributed by atoms with Gasteiger partial charge in [-0.15, -0.1) is 0 Å². The van der Waals surface area contributed by atoms with Crippen LogP contribution >= 0.6 is 0 Å². The first-order chi connectivity index (χ1) is 5.52. The molecule has 0 saturated carbocycles. The van der Waals surface area contributed by atoms with Gasteiger partial charge >= 0.3 is 0 Å². The summed E-state index contributed by atoms with van der Waals surface area (Å²) >= 11 is 0. The minimum Gasteiger partial charge on any atom is -0.374 e. The van der Waals surface area contributed by atoms with Crippen molar-refractivity contribution < 1.29 is 4.74 Å². The van der Waals surface area contributed by atoms with Crippen LogP contribution < -0.4 is 11.1 Å². The molecule has 1 fully saturated rings. The molecule has 0 spiro atoms. The second-order valence-corrected chi connectivity index (χ2v) is 4.51. The second-order valence-electron chi connectivity index (χ2n) is 4.51. The van der Waals surface area contributed by atoms with Crippen LogP contribution in [0.25, 0.3) is 0 Å². The highest BCUT2D eigenvalue weighted by Crippen LogP contribution is 2.21. The van der Waals surface area contributed by atoms with Gasteiger partial charge in [0.1, 0.15) is 0 Å². The van der Waals surface area contributed by atoms with Crippen molar-refractivity contribution in [3.8, 4) is 0 Å². The van der Waals surface area contributed by atoms with Gasteiger partial charge in [0.05, 0.1) is 12.7 Å². The smallest absolute Gasteiger partial charge is 0.0855 e. The monoisotopic (exact) mass is 172 g/mol. The Morgan fingerprint density at radius 3 is 2.58 bits per heavy atom. The molecule has 0 aromatic heterocycles. The van der Waals surface area contributed by atoms with Crippen molar-refractivity contribution in [2.75, 3.05) is 19.7 Å². The minimum absolute atomic E-state index is 0.116. The molecule has 1 aliphatic rings. The lowest BCUT2D eigenvalue weighted by Gasteiger charge is -2.36. The van der Waals surface area contributed by atoms with E-state index in [0.29, 0.717) is 0 Å². The largest absolute Gasteiger partial charge is 0.374 e. The number of rotatable bonds is 1. The SMILES string of the molecule is CC(C)(C)C(N)C1CNCCO1. The first-order valence-corrected chi connectivity index (χ1v) is 4.60. The molecule has 0 aromatic rings. The van der Waals surface area contributed by atoms with E-state index < -0.39 is 0 Å². The Labute approximate surface area is 74.7 Å². The van der Waals surface area contributed by atoms with Crippen molar-refractivity contribution in [2.24, 2.45) is 11.1 Å². The van der Waals surface area contributed by atoms with E-state index in [1.807, 2.05) is 0 Å². The molecule has 12 heavy (non-hydrogen) atoms. The summed E-state index contributed by atoms with van der Waals surface area (Å²) in [5.41, 5.74) is 6.19. The van der Waals surface area contributed by atoms with Gasteiger partial charge in [0.25, 0.3) is 0 Å². The van der Waals surface area contributed by atoms with Crippen molar-refractivity contribution in [1.29, 1.82) is 0 Å². The molecule has 1 aliphatic heterocycles. The van der Waals surface area contributed by atoms with Crippen LogP contribution in [0.5, 0.6) is 0 Å².